The van der Waals surface area contributed by atoms with Gasteiger partial charge >= 0.3 is 5.69 Å². The molecule has 0 saturated carbocycles. The lowest BCUT2D eigenvalue weighted by Crippen LogP contribution is -2.55. The van der Waals surface area contributed by atoms with Gasteiger partial charge < -0.3 is 29.3 Å². The van der Waals surface area contributed by atoms with E-state index in [9.17, 15) is 10.1 Å². The van der Waals surface area contributed by atoms with Crippen LogP contribution in [0.5, 0.6) is 0 Å². The van der Waals surface area contributed by atoms with Gasteiger partial charge in [-0.25, -0.2) is 4.98 Å². The molecular weight excluding hydrogens is 472 g/mol. The Bertz CT molecular complexity index is 725. The van der Waals surface area contributed by atoms with Crippen molar-refractivity contribution < 1.29 is 19.1 Å². The van der Waals surface area contributed by atoms with E-state index in [0.717, 1.165) is 5.96 Å². The number of piperazine rings is 1. The third-order valence-electron chi connectivity index (χ3n) is 4.96. The molecular formula is C19H31BrN6O5. The average molecular weight is 503 g/mol. The molecule has 174 valence electrons. The van der Waals surface area contributed by atoms with Crippen molar-refractivity contribution in [2.45, 2.75) is 19.1 Å². The Balaban J connectivity index is 0.00000341. The summed E-state index contributed by atoms with van der Waals surface area (Å²) in [6, 6.07) is 3.16. The highest BCUT2D eigenvalue weighted by Gasteiger charge is 2.26. The van der Waals surface area contributed by atoms with Gasteiger partial charge in [-0.3, -0.25) is 15.1 Å². The van der Waals surface area contributed by atoms with Gasteiger partial charge in [-0.15, -0.1) is 17.0 Å². The third-order valence-corrected chi connectivity index (χ3v) is 4.96. The summed E-state index contributed by atoms with van der Waals surface area (Å²) in [5, 5.41) is 14.7. The summed E-state index contributed by atoms with van der Waals surface area (Å²) >= 11 is 0. The molecule has 1 aromatic rings. The van der Waals surface area contributed by atoms with Gasteiger partial charge in [-0.2, -0.15) is 0 Å². The molecule has 0 radical (unpaired) electrons. The van der Waals surface area contributed by atoms with E-state index in [1.807, 2.05) is 11.8 Å². The molecule has 3 heterocycles. The number of aliphatic imine (C=N–C) groups is 1. The normalized spacial score (nSPS) is 20.7. The molecule has 0 amide bonds. The van der Waals surface area contributed by atoms with E-state index in [0.29, 0.717) is 65.0 Å². The van der Waals surface area contributed by atoms with E-state index in [4.69, 9.17) is 19.2 Å². The highest BCUT2D eigenvalue weighted by molar-refractivity contribution is 8.93. The molecule has 11 nitrogen and oxygen atoms in total. The average Bonchev–Trinajstić information content (AvgIpc) is 2.77. The van der Waals surface area contributed by atoms with Crippen molar-refractivity contribution in [1.82, 2.24) is 15.2 Å². The topological polar surface area (TPSA) is 115 Å². The number of anilines is 1. The number of hydrogen-bond donors (Lipinski definition) is 1. The number of methoxy groups -OCH3 is 1. The highest BCUT2D eigenvalue weighted by atomic mass is 79.9. The van der Waals surface area contributed by atoms with Crippen molar-refractivity contribution >= 4 is 34.4 Å². The van der Waals surface area contributed by atoms with Crippen molar-refractivity contribution in [2.24, 2.45) is 4.99 Å². The second kappa shape index (κ2) is 12.7. The maximum atomic E-state index is 11.3. The van der Waals surface area contributed by atoms with Crippen LogP contribution in [0.2, 0.25) is 0 Å². The first-order valence-electron chi connectivity index (χ1n) is 10.2. The third kappa shape index (κ3) is 7.27. The minimum absolute atomic E-state index is 0. The number of pyridine rings is 1. The molecule has 3 rings (SSSR count). The number of aromatic nitrogens is 1. The van der Waals surface area contributed by atoms with Gasteiger partial charge in [0.05, 0.1) is 37.9 Å². The standard InChI is InChI=1S/C19H30N6O5.BrH/c1-15(13-28-2)22-19(21-12-16-14-29-10-11-30-16)24-8-6-23(7-9-24)18-17(25(26)27)4-3-5-20-18;/h3-5,15-16H,6-14H2,1-2H3,(H,21,22);1H. The van der Waals surface area contributed by atoms with Gasteiger partial charge in [-0.05, 0) is 13.0 Å². The maximum Gasteiger partial charge on any atom is 0.311 e. The molecule has 0 aliphatic carbocycles. The van der Waals surface area contributed by atoms with Crippen LogP contribution in [0.25, 0.3) is 0 Å². The minimum Gasteiger partial charge on any atom is -0.383 e. The monoisotopic (exact) mass is 502 g/mol. The largest absolute Gasteiger partial charge is 0.383 e. The number of nitro groups is 1. The van der Waals surface area contributed by atoms with Crippen LogP contribution >= 0.6 is 17.0 Å². The molecule has 2 aliphatic rings. The van der Waals surface area contributed by atoms with E-state index in [2.05, 4.69) is 15.2 Å². The van der Waals surface area contributed by atoms with Crippen LogP contribution in [0.1, 0.15) is 6.92 Å². The summed E-state index contributed by atoms with van der Waals surface area (Å²) in [6.07, 6.45) is 1.53. The molecule has 2 atom stereocenters. The van der Waals surface area contributed by atoms with E-state index in [1.165, 1.54) is 6.07 Å². The fourth-order valence-corrected chi connectivity index (χ4v) is 3.48. The Hall–Kier alpha value is -2.02. The van der Waals surface area contributed by atoms with Gasteiger partial charge in [0.2, 0.25) is 5.82 Å². The smallest absolute Gasteiger partial charge is 0.311 e. The summed E-state index contributed by atoms with van der Waals surface area (Å²) in [5.41, 5.74) is 0.0288. The van der Waals surface area contributed by atoms with Crippen molar-refractivity contribution in [3.63, 3.8) is 0 Å². The molecule has 2 unspecified atom stereocenters. The molecule has 2 aliphatic heterocycles. The lowest BCUT2D eigenvalue weighted by Gasteiger charge is -2.37. The molecule has 1 aromatic heterocycles. The Morgan fingerprint density at radius 1 is 1.42 bits per heavy atom. The molecule has 0 spiro atoms. The fraction of sp³-hybridized carbons (Fsp3) is 0.684. The van der Waals surface area contributed by atoms with Crippen LogP contribution in [-0.4, -0.2) is 99.2 Å². The van der Waals surface area contributed by atoms with E-state index in [1.54, 1.807) is 19.4 Å². The highest BCUT2D eigenvalue weighted by Crippen LogP contribution is 2.25. The number of rotatable bonds is 7. The fourth-order valence-electron chi connectivity index (χ4n) is 3.48. The van der Waals surface area contributed by atoms with Gasteiger partial charge in [0, 0.05) is 51.6 Å². The minimum atomic E-state index is -0.387. The van der Waals surface area contributed by atoms with E-state index in [-0.39, 0.29) is 39.7 Å². The molecule has 1 N–H and O–H groups in total. The number of nitrogens with one attached hydrogen (secondary N) is 1. The van der Waals surface area contributed by atoms with E-state index >= 15 is 0 Å². The first kappa shape index (κ1) is 25.2. The molecule has 12 heteroatoms. The van der Waals surface area contributed by atoms with Gasteiger partial charge in [0.25, 0.3) is 0 Å². The summed E-state index contributed by atoms with van der Waals surface area (Å²) < 4.78 is 16.4. The number of nitrogens with zero attached hydrogens (tertiary/aromatic N) is 5. The van der Waals surface area contributed by atoms with Crippen LogP contribution in [0.3, 0.4) is 0 Å². The summed E-state index contributed by atoms with van der Waals surface area (Å²) in [4.78, 5) is 24.0. The van der Waals surface area contributed by atoms with Crippen molar-refractivity contribution in [1.29, 1.82) is 0 Å². The summed E-state index contributed by atoms with van der Waals surface area (Å²) in [6.45, 7) is 7.41. The van der Waals surface area contributed by atoms with Gasteiger partial charge in [-0.1, -0.05) is 0 Å². The molecule has 31 heavy (non-hydrogen) atoms. The molecule has 0 aromatic carbocycles. The predicted octanol–water partition coefficient (Wildman–Crippen LogP) is 1.09. The first-order valence-corrected chi connectivity index (χ1v) is 10.2. The zero-order valence-corrected chi connectivity index (χ0v) is 19.6. The number of halogens is 1. The lowest BCUT2D eigenvalue weighted by molar-refractivity contribution is -0.384. The predicted molar refractivity (Wildman–Crippen MR) is 122 cm³/mol. The number of ether oxygens (including phenoxy) is 3. The Labute approximate surface area is 192 Å². The quantitative estimate of drug-likeness (QED) is 0.253. The Morgan fingerprint density at radius 2 is 2.19 bits per heavy atom. The van der Waals surface area contributed by atoms with Crippen LogP contribution in [0, 0.1) is 10.1 Å². The maximum absolute atomic E-state index is 11.3. The van der Waals surface area contributed by atoms with Crippen molar-refractivity contribution in [3.05, 3.63) is 28.4 Å². The Morgan fingerprint density at radius 3 is 2.84 bits per heavy atom. The van der Waals surface area contributed by atoms with Crippen LogP contribution in [0.15, 0.2) is 23.3 Å². The van der Waals surface area contributed by atoms with Crippen LogP contribution < -0.4 is 10.2 Å². The van der Waals surface area contributed by atoms with Crippen molar-refractivity contribution in [3.8, 4) is 0 Å². The number of guanidine groups is 1. The molecule has 2 saturated heterocycles. The van der Waals surface area contributed by atoms with Gasteiger partial charge in [0.1, 0.15) is 6.10 Å². The number of hydrogen-bond acceptors (Lipinski definition) is 8. The van der Waals surface area contributed by atoms with Crippen LogP contribution in [0.4, 0.5) is 11.5 Å². The second-order valence-electron chi connectivity index (χ2n) is 7.31. The molecule has 0 bridgehead atoms. The zero-order valence-electron chi connectivity index (χ0n) is 17.9. The summed E-state index contributed by atoms with van der Waals surface area (Å²) in [7, 11) is 1.67. The van der Waals surface area contributed by atoms with Crippen LogP contribution in [-0.2, 0) is 14.2 Å². The Kier molecular flexibility index (Phi) is 10.4. The molecule has 2 fully saturated rings. The van der Waals surface area contributed by atoms with E-state index < -0.39 is 0 Å². The van der Waals surface area contributed by atoms with Crippen molar-refractivity contribution in [2.75, 3.05) is 71.2 Å². The SMILES string of the molecule is Br.COCC(C)NC(=NCC1COCCO1)N1CCN(c2ncccc2[N+](=O)[O-])CC1. The van der Waals surface area contributed by atoms with Gasteiger partial charge in [0.15, 0.2) is 5.96 Å². The first-order chi connectivity index (χ1) is 14.6. The summed E-state index contributed by atoms with van der Waals surface area (Å²) in [5.74, 6) is 1.19. The zero-order chi connectivity index (χ0) is 21.3. The second-order valence-corrected chi connectivity index (χ2v) is 7.31. The lowest BCUT2D eigenvalue weighted by atomic mass is 10.3.